The van der Waals surface area contributed by atoms with E-state index in [1.165, 1.54) is 99.4 Å². The zero-order chi connectivity index (χ0) is 49.9. The summed E-state index contributed by atoms with van der Waals surface area (Å²) in [4.78, 5) is 2.49. The van der Waals surface area contributed by atoms with E-state index >= 15 is 0 Å². The van der Waals surface area contributed by atoms with Crippen molar-refractivity contribution in [2.75, 3.05) is 4.90 Å². The molecule has 1 aliphatic heterocycles. The molecule has 1 aliphatic carbocycles. The Kier molecular flexibility index (Phi) is 9.25. The smallest absolute Gasteiger partial charge is 0.0755 e. The van der Waals surface area contributed by atoms with Gasteiger partial charge in [-0.2, -0.15) is 0 Å². The molecule has 3 heterocycles. The van der Waals surface area contributed by atoms with Crippen LogP contribution in [0.3, 0.4) is 0 Å². The molecule has 0 bridgehead atoms. The minimum atomic E-state index is -0.595. The fraction of sp³-hybridized carbons (Fsp3) is 0.0137. The number of nitrogens with zero attached hydrogens (tertiary/aromatic N) is 3. The highest BCUT2D eigenvalue weighted by Crippen LogP contribution is 2.62. The molecule has 3 heteroatoms. The molecular weight excluding hydrogens is 919 g/mol. The van der Waals surface area contributed by atoms with Crippen LogP contribution in [0.4, 0.5) is 17.1 Å². The number of aromatic nitrogens is 2. The van der Waals surface area contributed by atoms with Crippen LogP contribution in [0.1, 0.15) is 22.3 Å². The second kappa shape index (κ2) is 16.5. The van der Waals surface area contributed by atoms with Gasteiger partial charge in [0.2, 0.25) is 0 Å². The van der Waals surface area contributed by atoms with Gasteiger partial charge in [-0.05, 0) is 134 Å². The summed E-state index contributed by atoms with van der Waals surface area (Å²) in [7, 11) is 0. The molecule has 0 amide bonds. The summed E-state index contributed by atoms with van der Waals surface area (Å²) in [6.45, 7) is 0. The van der Waals surface area contributed by atoms with Gasteiger partial charge in [-0.15, -0.1) is 0 Å². The summed E-state index contributed by atoms with van der Waals surface area (Å²) in [5, 5.41) is 5.04. The highest BCUT2D eigenvalue weighted by atomic mass is 15.1. The molecule has 14 aromatic rings. The Bertz CT molecular complexity index is 4640. The molecule has 12 aromatic carbocycles. The number of para-hydroxylation sites is 6. The number of rotatable bonds is 7. The van der Waals surface area contributed by atoms with Crippen molar-refractivity contribution in [3.63, 3.8) is 0 Å². The number of fused-ring (bicyclic) bond motifs is 15. The fourth-order valence-electron chi connectivity index (χ4n) is 13.3. The largest absolute Gasteiger partial charge is 0.310 e. The average molecular weight is 966 g/mol. The van der Waals surface area contributed by atoms with E-state index in [1.54, 1.807) is 0 Å². The lowest BCUT2D eigenvalue weighted by atomic mass is 9.65. The molecule has 16 rings (SSSR count). The van der Waals surface area contributed by atoms with E-state index in [0.29, 0.717) is 0 Å². The molecule has 3 nitrogen and oxygen atoms in total. The van der Waals surface area contributed by atoms with Crippen LogP contribution >= 0.6 is 0 Å². The van der Waals surface area contributed by atoms with Crippen molar-refractivity contribution in [1.82, 2.24) is 9.13 Å². The molecule has 0 N–H and O–H groups in total. The quantitative estimate of drug-likeness (QED) is 0.155. The molecular formula is C73H47N3. The average Bonchev–Trinajstić information content (AvgIpc) is 4.29. The Labute approximate surface area is 441 Å². The lowest BCUT2D eigenvalue weighted by Gasteiger charge is -2.40. The van der Waals surface area contributed by atoms with Gasteiger partial charge in [-0.25, -0.2) is 0 Å². The molecule has 1 atom stereocenters. The molecule has 2 aliphatic rings. The standard InChI is InChI=1S/C73H47N3/c1-3-19-48(20-4-1)50-21-17-22-52(45-50)56-25-8-13-33-67(56)74(54-40-37-49(38-41-54)51-39-43-61-59-27-9-14-34-68(59)75(71(61)46-51)53-23-5-2-6-24-53)55-42-44-58-57-26-7-11-30-63(57)73(66(58)47-55)64-31-12-16-36-70(64)76-69-35-15-10-28-60(69)62-29-18-32-65(73)72(62)76/h1-47H. The number of hydrogen-bond acceptors (Lipinski definition) is 1. The van der Waals surface area contributed by atoms with Gasteiger partial charge in [-0.3, -0.25) is 0 Å². The second-order valence-corrected chi connectivity index (χ2v) is 20.4. The summed E-state index contributed by atoms with van der Waals surface area (Å²) in [6.07, 6.45) is 0. The van der Waals surface area contributed by atoms with Crippen LogP contribution in [0.25, 0.3) is 99.5 Å². The molecule has 1 spiro atoms. The van der Waals surface area contributed by atoms with Crippen molar-refractivity contribution in [3.8, 4) is 55.9 Å². The predicted molar refractivity (Wildman–Crippen MR) is 317 cm³/mol. The molecule has 354 valence electrons. The minimum Gasteiger partial charge on any atom is -0.310 e. The number of benzene rings is 12. The highest BCUT2D eigenvalue weighted by Gasteiger charge is 2.51. The van der Waals surface area contributed by atoms with Gasteiger partial charge in [0.1, 0.15) is 0 Å². The Morgan fingerprint density at radius 2 is 0.816 bits per heavy atom. The Morgan fingerprint density at radius 1 is 0.276 bits per heavy atom. The van der Waals surface area contributed by atoms with Crippen LogP contribution in [-0.2, 0) is 5.41 Å². The van der Waals surface area contributed by atoms with Crippen LogP contribution in [0, 0.1) is 0 Å². The highest BCUT2D eigenvalue weighted by molar-refractivity contribution is 6.13. The normalized spacial score (nSPS) is 14.1. The van der Waals surface area contributed by atoms with Gasteiger partial charge in [0.25, 0.3) is 0 Å². The van der Waals surface area contributed by atoms with Crippen LogP contribution in [0.2, 0.25) is 0 Å². The summed E-state index contributed by atoms with van der Waals surface area (Å²) in [6, 6.07) is 106. The van der Waals surface area contributed by atoms with Gasteiger partial charge in [0.05, 0.1) is 38.9 Å². The first-order valence-corrected chi connectivity index (χ1v) is 26.3. The van der Waals surface area contributed by atoms with Crippen molar-refractivity contribution in [2.45, 2.75) is 5.41 Å². The topological polar surface area (TPSA) is 13.1 Å². The Hall–Kier alpha value is -9.96. The SMILES string of the molecule is c1ccc(-c2cccc(-c3ccccc3N(c3ccc(-c4ccc5c6ccccc6n(-c6ccccc6)c5c4)cc3)c3ccc4c(c3)C3(c5ccccc5-4)c4ccccc4-n4c5ccccc5c5cccc3c54)c2)cc1. The molecule has 1 unspecified atom stereocenters. The summed E-state index contributed by atoms with van der Waals surface area (Å²) < 4.78 is 4.93. The van der Waals surface area contributed by atoms with E-state index in [1.807, 2.05) is 0 Å². The molecule has 0 saturated heterocycles. The summed E-state index contributed by atoms with van der Waals surface area (Å²) in [5.41, 5.74) is 24.7. The van der Waals surface area contributed by atoms with Crippen LogP contribution in [0.15, 0.2) is 285 Å². The second-order valence-electron chi connectivity index (χ2n) is 20.4. The summed E-state index contributed by atoms with van der Waals surface area (Å²) in [5.74, 6) is 0. The van der Waals surface area contributed by atoms with Crippen LogP contribution < -0.4 is 4.90 Å². The van der Waals surface area contributed by atoms with Crippen molar-refractivity contribution < 1.29 is 0 Å². The molecule has 2 aromatic heterocycles. The zero-order valence-electron chi connectivity index (χ0n) is 41.5. The van der Waals surface area contributed by atoms with Crippen molar-refractivity contribution in [3.05, 3.63) is 307 Å². The maximum absolute atomic E-state index is 2.53. The van der Waals surface area contributed by atoms with Gasteiger partial charge in [0.15, 0.2) is 0 Å². The Balaban J connectivity index is 0.919. The molecule has 0 saturated carbocycles. The van der Waals surface area contributed by atoms with E-state index in [4.69, 9.17) is 0 Å². The van der Waals surface area contributed by atoms with E-state index < -0.39 is 5.41 Å². The first kappa shape index (κ1) is 42.5. The lowest BCUT2D eigenvalue weighted by Crippen LogP contribution is -2.33. The number of anilines is 3. The van der Waals surface area contributed by atoms with Crippen molar-refractivity contribution in [1.29, 1.82) is 0 Å². The van der Waals surface area contributed by atoms with E-state index in [-0.39, 0.29) is 0 Å². The maximum atomic E-state index is 2.53. The third-order valence-corrected chi connectivity index (χ3v) is 16.5. The molecule has 76 heavy (non-hydrogen) atoms. The predicted octanol–water partition coefficient (Wildman–Crippen LogP) is 19.0. The van der Waals surface area contributed by atoms with Gasteiger partial charge >= 0.3 is 0 Å². The van der Waals surface area contributed by atoms with Gasteiger partial charge in [-0.1, -0.05) is 212 Å². The lowest BCUT2D eigenvalue weighted by molar-refractivity contribution is 0.748. The maximum Gasteiger partial charge on any atom is 0.0755 e. The molecule has 0 fully saturated rings. The van der Waals surface area contributed by atoms with Crippen LogP contribution in [-0.4, -0.2) is 9.13 Å². The van der Waals surface area contributed by atoms with Crippen molar-refractivity contribution in [2.24, 2.45) is 0 Å². The first-order valence-electron chi connectivity index (χ1n) is 26.3. The zero-order valence-corrected chi connectivity index (χ0v) is 41.5. The van der Waals surface area contributed by atoms with Crippen molar-refractivity contribution >= 4 is 60.7 Å². The number of hydrogen-bond donors (Lipinski definition) is 0. The van der Waals surface area contributed by atoms with Gasteiger partial charge < -0.3 is 14.0 Å². The van der Waals surface area contributed by atoms with E-state index in [2.05, 4.69) is 299 Å². The third-order valence-electron chi connectivity index (χ3n) is 16.5. The van der Waals surface area contributed by atoms with Crippen LogP contribution in [0.5, 0.6) is 0 Å². The summed E-state index contributed by atoms with van der Waals surface area (Å²) >= 11 is 0. The fourth-order valence-corrected chi connectivity index (χ4v) is 13.3. The molecule has 0 radical (unpaired) electrons. The monoisotopic (exact) mass is 965 g/mol. The minimum absolute atomic E-state index is 0.595. The van der Waals surface area contributed by atoms with E-state index in [0.717, 1.165) is 39.4 Å². The van der Waals surface area contributed by atoms with Gasteiger partial charge in [0, 0.05) is 44.2 Å². The van der Waals surface area contributed by atoms with E-state index in [9.17, 15) is 0 Å². The third kappa shape index (κ3) is 6.05. The Morgan fingerprint density at radius 3 is 1.64 bits per heavy atom. The first-order chi connectivity index (χ1) is 37.7.